The van der Waals surface area contributed by atoms with Crippen molar-refractivity contribution in [2.45, 2.75) is 19.8 Å². The molecule has 0 N–H and O–H groups in total. The Hall–Kier alpha value is -0.910. The maximum absolute atomic E-state index is 11.6. The zero-order valence-electron chi connectivity index (χ0n) is 9.19. The standard InChI is InChI=1S/C9H14BrN3O2/c1-5(2)6(9(14)15-4)7-8(10)11-12-13(7)3/h5-6H,1-4H3. The van der Waals surface area contributed by atoms with Gasteiger partial charge in [0.15, 0.2) is 4.60 Å². The molecule has 0 saturated heterocycles. The van der Waals surface area contributed by atoms with Crippen LogP contribution in [0.15, 0.2) is 4.60 Å². The van der Waals surface area contributed by atoms with E-state index in [1.807, 2.05) is 13.8 Å². The summed E-state index contributed by atoms with van der Waals surface area (Å²) in [5, 5.41) is 7.71. The SMILES string of the molecule is COC(=O)C(c1c(Br)nnn1C)C(C)C. The molecule has 15 heavy (non-hydrogen) atoms. The molecule has 0 aromatic carbocycles. The van der Waals surface area contributed by atoms with Gasteiger partial charge in [0.05, 0.1) is 12.8 Å². The maximum atomic E-state index is 11.6. The molecule has 1 atom stereocenters. The van der Waals surface area contributed by atoms with Crippen LogP contribution in [-0.4, -0.2) is 28.1 Å². The first-order valence-corrected chi connectivity index (χ1v) is 5.41. The molecule has 84 valence electrons. The zero-order valence-corrected chi connectivity index (χ0v) is 10.8. The first kappa shape index (κ1) is 12.2. The van der Waals surface area contributed by atoms with Gasteiger partial charge in [-0.1, -0.05) is 19.1 Å². The van der Waals surface area contributed by atoms with Gasteiger partial charge >= 0.3 is 5.97 Å². The topological polar surface area (TPSA) is 57.0 Å². The second-order valence-corrected chi connectivity index (χ2v) is 4.39. The van der Waals surface area contributed by atoms with E-state index >= 15 is 0 Å². The summed E-state index contributed by atoms with van der Waals surface area (Å²) in [5.41, 5.74) is 0.747. The molecule has 0 amide bonds. The van der Waals surface area contributed by atoms with Crippen LogP contribution in [0.5, 0.6) is 0 Å². The van der Waals surface area contributed by atoms with E-state index < -0.39 is 0 Å². The molecule has 1 unspecified atom stereocenters. The number of nitrogens with zero attached hydrogens (tertiary/aromatic N) is 3. The van der Waals surface area contributed by atoms with Crippen LogP contribution >= 0.6 is 15.9 Å². The summed E-state index contributed by atoms with van der Waals surface area (Å²) in [5.74, 6) is -0.480. The second-order valence-electron chi connectivity index (χ2n) is 3.63. The van der Waals surface area contributed by atoms with E-state index in [-0.39, 0.29) is 17.8 Å². The molecule has 1 rings (SSSR count). The molecule has 0 aliphatic carbocycles. The fourth-order valence-corrected chi connectivity index (χ4v) is 2.07. The largest absolute Gasteiger partial charge is 0.468 e. The quantitative estimate of drug-likeness (QED) is 0.785. The Bertz CT molecular complexity index is 343. The summed E-state index contributed by atoms with van der Waals surface area (Å²) in [6.45, 7) is 3.92. The number of halogens is 1. The molecule has 1 aromatic rings. The first-order valence-electron chi connectivity index (χ1n) is 4.62. The van der Waals surface area contributed by atoms with Gasteiger partial charge in [0, 0.05) is 7.05 Å². The lowest BCUT2D eigenvalue weighted by Crippen LogP contribution is -2.22. The Kier molecular flexibility index (Phi) is 3.84. The highest BCUT2D eigenvalue weighted by Crippen LogP contribution is 2.29. The number of methoxy groups -OCH3 is 1. The van der Waals surface area contributed by atoms with Crippen LogP contribution in [0.3, 0.4) is 0 Å². The molecular weight excluding hydrogens is 262 g/mol. The molecule has 0 aliphatic heterocycles. The highest BCUT2D eigenvalue weighted by molar-refractivity contribution is 9.10. The number of aryl methyl sites for hydroxylation is 1. The van der Waals surface area contributed by atoms with Gasteiger partial charge in [-0.05, 0) is 21.8 Å². The highest BCUT2D eigenvalue weighted by atomic mass is 79.9. The lowest BCUT2D eigenvalue weighted by Gasteiger charge is -2.18. The number of esters is 1. The number of carbonyl (C=O) groups excluding carboxylic acids is 1. The lowest BCUT2D eigenvalue weighted by atomic mass is 9.93. The smallest absolute Gasteiger partial charge is 0.315 e. The van der Waals surface area contributed by atoms with E-state index in [1.165, 1.54) is 7.11 Å². The molecule has 1 heterocycles. The van der Waals surface area contributed by atoms with Gasteiger partial charge in [-0.25, -0.2) is 0 Å². The summed E-state index contributed by atoms with van der Waals surface area (Å²) >= 11 is 3.28. The number of rotatable bonds is 3. The normalized spacial score (nSPS) is 12.9. The van der Waals surface area contributed by atoms with Crippen LogP contribution in [0.1, 0.15) is 25.5 Å². The minimum Gasteiger partial charge on any atom is -0.468 e. The molecule has 6 heteroatoms. The highest BCUT2D eigenvalue weighted by Gasteiger charge is 2.30. The molecule has 0 spiro atoms. The third-order valence-electron chi connectivity index (χ3n) is 2.24. The fourth-order valence-electron chi connectivity index (χ4n) is 1.50. The number of ether oxygens (including phenoxy) is 1. The summed E-state index contributed by atoms with van der Waals surface area (Å²) < 4.78 is 6.96. The van der Waals surface area contributed by atoms with Crippen molar-refractivity contribution in [2.75, 3.05) is 7.11 Å². The van der Waals surface area contributed by atoms with Crippen molar-refractivity contribution in [1.82, 2.24) is 15.0 Å². The first-order chi connectivity index (χ1) is 6.99. The predicted octanol–water partition coefficient (Wildman–Crippen LogP) is 1.49. The van der Waals surface area contributed by atoms with E-state index in [9.17, 15) is 4.79 Å². The molecule has 0 aliphatic rings. The van der Waals surface area contributed by atoms with E-state index in [4.69, 9.17) is 4.74 Å². The third kappa shape index (κ3) is 2.37. The number of hydrogen-bond acceptors (Lipinski definition) is 4. The predicted molar refractivity (Wildman–Crippen MR) is 58.3 cm³/mol. The molecule has 0 radical (unpaired) electrons. The average Bonchev–Trinajstić information content (AvgIpc) is 2.49. The van der Waals surface area contributed by atoms with E-state index in [2.05, 4.69) is 26.2 Å². The Morgan fingerprint density at radius 1 is 1.53 bits per heavy atom. The minimum atomic E-state index is -0.343. The maximum Gasteiger partial charge on any atom is 0.315 e. The van der Waals surface area contributed by atoms with Crippen molar-refractivity contribution in [3.63, 3.8) is 0 Å². The zero-order chi connectivity index (χ0) is 11.6. The Morgan fingerprint density at radius 2 is 2.13 bits per heavy atom. The van der Waals surface area contributed by atoms with Crippen LogP contribution in [0, 0.1) is 5.92 Å². The number of hydrogen-bond donors (Lipinski definition) is 0. The van der Waals surface area contributed by atoms with Crippen LogP contribution in [0.4, 0.5) is 0 Å². The van der Waals surface area contributed by atoms with Gasteiger partial charge in [0.1, 0.15) is 5.92 Å². The molecule has 0 fully saturated rings. The van der Waals surface area contributed by atoms with Crippen LogP contribution in [-0.2, 0) is 16.6 Å². The lowest BCUT2D eigenvalue weighted by molar-refractivity contribution is -0.143. The Labute approximate surface area is 96.9 Å². The van der Waals surface area contributed by atoms with Gasteiger partial charge in [0.2, 0.25) is 0 Å². The van der Waals surface area contributed by atoms with Gasteiger partial charge in [-0.3, -0.25) is 9.48 Å². The van der Waals surface area contributed by atoms with Crippen molar-refractivity contribution < 1.29 is 9.53 Å². The minimum absolute atomic E-state index is 0.131. The Morgan fingerprint density at radius 3 is 2.47 bits per heavy atom. The van der Waals surface area contributed by atoms with Crippen LogP contribution in [0.25, 0.3) is 0 Å². The summed E-state index contributed by atoms with van der Waals surface area (Å²) in [7, 11) is 3.14. The van der Waals surface area contributed by atoms with E-state index in [0.29, 0.717) is 4.60 Å². The molecular formula is C9H14BrN3O2. The third-order valence-corrected chi connectivity index (χ3v) is 2.81. The average molecular weight is 276 g/mol. The molecule has 0 bridgehead atoms. The van der Waals surface area contributed by atoms with E-state index in [1.54, 1.807) is 11.7 Å². The van der Waals surface area contributed by atoms with Gasteiger partial charge < -0.3 is 4.74 Å². The van der Waals surface area contributed by atoms with Gasteiger partial charge in [0.25, 0.3) is 0 Å². The monoisotopic (exact) mass is 275 g/mol. The second kappa shape index (κ2) is 4.74. The van der Waals surface area contributed by atoms with Crippen molar-refractivity contribution in [2.24, 2.45) is 13.0 Å². The van der Waals surface area contributed by atoms with E-state index in [0.717, 1.165) is 5.69 Å². The molecule has 1 aromatic heterocycles. The van der Waals surface area contributed by atoms with Crippen molar-refractivity contribution in [1.29, 1.82) is 0 Å². The van der Waals surface area contributed by atoms with Crippen molar-refractivity contribution in [3.8, 4) is 0 Å². The van der Waals surface area contributed by atoms with Crippen LogP contribution in [0.2, 0.25) is 0 Å². The summed E-state index contributed by atoms with van der Waals surface area (Å²) in [6.07, 6.45) is 0. The number of carbonyl (C=O) groups is 1. The molecule has 5 nitrogen and oxygen atoms in total. The van der Waals surface area contributed by atoms with Crippen molar-refractivity contribution in [3.05, 3.63) is 10.3 Å². The fraction of sp³-hybridized carbons (Fsp3) is 0.667. The summed E-state index contributed by atoms with van der Waals surface area (Å²) in [4.78, 5) is 11.6. The van der Waals surface area contributed by atoms with Gasteiger partial charge in [-0.2, -0.15) is 0 Å². The Balaban J connectivity index is 3.15. The molecule has 0 saturated carbocycles. The summed E-state index contributed by atoms with van der Waals surface area (Å²) in [6, 6.07) is 0. The van der Waals surface area contributed by atoms with Crippen molar-refractivity contribution >= 4 is 21.9 Å². The van der Waals surface area contributed by atoms with Gasteiger partial charge in [-0.15, -0.1) is 5.10 Å². The van der Waals surface area contributed by atoms with Crippen LogP contribution < -0.4 is 0 Å². The number of aromatic nitrogens is 3.